The van der Waals surface area contributed by atoms with Crippen LogP contribution >= 0.6 is 12.4 Å². The second-order valence-corrected chi connectivity index (χ2v) is 4.62. The van der Waals surface area contributed by atoms with Crippen LogP contribution in [0.3, 0.4) is 0 Å². The number of hydrogen-bond donors (Lipinski definition) is 1. The standard InChI is InChI=1S/C14H19NO2.ClH/c16-14(17)13-9-5-11-15(13)10-4-8-12-6-2-1-3-7-12;/h1-3,6-7,13H,4-5,8-11H2,(H,16,17);1H. The molecule has 1 aromatic rings. The summed E-state index contributed by atoms with van der Waals surface area (Å²) >= 11 is 0. The van der Waals surface area contributed by atoms with Gasteiger partial charge in [0.1, 0.15) is 6.04 Å². The van der Waals surface area contributed by atoms with Crippen molar-refractivity contribution in [2.24, 2.45) is 0 Å². The number of carboxylic acid groups (broad SMARTS) is 1. The molecule has 18 heavy (non-hydrogen) atoms. The molecule has 1 aliphatic rings. The molecule has 0 aliphatic carbocycles. The minimum atomic E-state index is -0.665. The summed E-state index contributed by atoms with van der Waals surface area (Å²) < 4.78 is 0. The van der Waals surface area contributed by atoms with Crippen LogP contribution in [0.5, 0.6) is 0 Å². The summed E-state index contributed by atoms with van der Waals surface area (Å²) in [6.45, 7) is 1.83. The van der Waals surface area contributed by atoms with Crippen LogP contribution in [-0.4, -0.2) is 35.1 Å². The topological polar surface area (TPSA) is 40.5 Å². The molecule has 1 unspecified atom stereocenters. The van der Waals surface area contributed by atoms with E-state index in [1.807, 2.05) is 18.2 Å². The Morgan fingerprint density at radius 1 is 1.33 bits per heavy atom. The molecule has 1 aliphatic heterocycles. The van der Waals surface area contributed by atoms with Gasteiger partial charge in [-0.3, -0.25) is 9.69 Å². The fourth-order valence-electron chi connectivity index (χ4n) is 2.50. The lowest BCUT2D eigenvalue weighted by Crippen LogP contribution is -2.36. The fourth-order valence-corrected chi connectivity index (χ4v) is 2.50. The number of aliphatic carboxylic acids is 1. The Hall–Kier alpha value is -1.06. The van der Waals surface area contributed by atoms with Crippen molar-refractivity contribution in [3.63, 3.8) is 0 Å². The molecule has 0 aromatic heterocycles. The van der Waals surface area contributed by atoms with Crippen molar-refractivity contribution in [2.75, 3.05) is 13.1 Å². The van der Waals surface area contributed by atoms with Gasteiger partial charge in [0.2, 0.25) is 0 Å². The summed E-state index contributed by atoms with van der Waals surface area (Å²) in [5.74, 6) is -0.665. The van der Waals surface area contributed by atoms with Crippen molar-refractivity contribution in [2.45, 2.75) is 31.7 Å². The van der Waals surface area contributed by atoms with Crippen LogP contribution in [0.15, 0.2) is 30.3 Å². The number of nitrogens with zero attached hydrogens (tertiary/aromatic N) is 1. The summed E-state index contributed by atoms with van der Waals surface area (Å²) in [5, 5.41) is 9.06. The van der Waals surface area contributed by atoms with Crippen LogP contribution in [0.25, 0.3) is 0 Å². The van der Waals surface area contributed by atoms with Gasteiger partial charge in [0.05, 0.1) is 0 Å². The number of benzene rings is 1. The Balaban J connectivity index is 0.00000162. The lowest BCUT2D eigenvalue weighted by atomic mass is 10.1. The first-order valence-electron chi connectivity index (χ1n) is 6.28. The molecule has 2 rings (SSSR count). The van der Waals surface area contributed by atoms with E-state index in [0.29, 0.717) is 0 Å². The number of aryl methyl sites for hydroxylation is 1. The van der Waals surface area contributed by atoms with E-state index in [0.717, 1.165) is 38.8 Å². The molecular formula is C14H20ClNO2. The van der Waals surface area contributed by atoms with Crippen LogP contribution in [0.2, 0.25) is 0 Å². The monoisotopic (exact) mass is 269 g/mol. The van der Waals surface area contributed by atoms with Gasteiger partial charge in [-0.15, -0.1) is 12.4 Å². The predicted octanol–water partition coefficient (Wildman–Crippen LogP) is 2.59. The quantitative estimate of drug-likeness (QED) is 0.893. The third-order valence-electron chi connectivity index (χ3n) is 3.40. The molecule has 0 radical (unpaired) electrons. The van der Waals surface area contributed by atoms with Crippen LogP contribution < -0.4 is 0 Å². The molecule has 100 valence electrons. The van der Waals surface area contributed by atoms with E-state index in [1.54, 1.807) is 0 Å². The summed E-state index contributed by atoms with van der Waals surface area (Å²) in [7, 11) is 0. The summed E-state index contributed by atoms with van der Waals surface area (Å²) in [4.78, 5) is 13.1. The number of halogens is 1. The zero-order chi connectivity index (χ0) is 12.1. The van der Waals surface area contributed by atoms with Crippen molar-refractivity contribution in [1.82, 2.24) is 4.90 Å². The van der Waals surface area contributed by atoms with Gasteiger partial charge in [-0.25, -0.2) is 0 Å². The van der Waals surface area contributed by atoms with Crippen LogP contribution in [0.4, 0.5) is 0 Å². The van der Waals surface area contributed by atoms with Crippen molar-refractivity contribution >= 4 is 18.4 Å². The molecule has 1 N–H and O–H groups in total. The van der Waals surface area contributed by atoms with E-state index < -0.39 is 5.97 Å². The third kappa shape index (κ3) is 4.00. The average molecular weight is 270 g/mol. The Bertz CT molecular complexity index is 369. The average Bonchev–Trinajstić information content (AvgIpc) is 2.79. The highest BCUT2D eigenvalue weighted by Crippen LogP contribution is 2.18. The highest BCUT2D eigenvalue weighted by Gasteiger charge is 2.29. The first-order valence-corrected chi connectivity index (χ1v) is 6.28. The molecule has 4 heteroatoms. The van der Waals surface area contributed by atoms with Crippen molar-refractivity contribution in [3.8, 4) is 0 Å². The van der Waals surface area contributed by atoms with Gasteiger partial charge in [0.25, 0.3) is 0 Å². The van der Waals surface area contributed by atoms with Gasteiger partial charge in [-0.1, -0.05) is 30.3 Å². The van der Waals surface area contributed by atoms with E-state index in [2.05, 4.69) is 17.0 Å². The van der Waals surface area contributed by atoms with E-state index >= 15 is 0 Å². The van der Waals surface area contributed by atoms with E-state index in [4.69, 9.17) is 5.11 Å². The van der Waals surface area contributed by atoms with Crippen molar-refractivity contribution < 1.29 is 9.90 Å². The number of carboxylic acids is 1. The Labute approximate surface area is 114 Å². The summed E-state index contributed by atoms with van der Waals surface area (Å²) in [6.07, 6.45) is 3.89. The number of carbonyl (C=O) groups is 1. The van der Waals surface area contributed by atoms with Crippen LogP contribution in [-0.2, 0) is 11.2 Å². The molecule has 0 spiro atoms. The van der Waals surface area contributed by atoms with Gasteiger partial charge in [-0.05, 0) is 44.3 Å². The molecular weight excluding hydrogens is 250 g/mol. The Morgan fingerprint density at radius 2 is 2.06 bits per heavy atom. The van der Waals surface area contributed by atoms with Crippen molar-refractivity contribution in [1.29, 1.82) is 0 Å². The second kappa shape index (κ2) is 7.39. The molecule has 1 aromatic carbocycles. The first-order chi connectivity index (χ1) is 8.27. The lowest BCUT2D eigenvalue weighted by Gasteiger charge is -2.20. The van der Waals surface area contributed by atoms with E-state index in [1.165, 1.54) is 5.56 Å². The van der Waals surface area contributed by atoms with Crippen LogP contribution in [0, 0.1) is 0 Å². The maximum absolute atomic E-state index is 11.0. The molecule has 1 saturated heterocycles. The molecule has 0 bridgehead atoms. The van der Waals surface area contributed by atoms with Crippen LogP contribution in [0.1, 0.15) is 24.8 Å². The minimum absolute atomic E-state index is 0. The molecule has 0 amide bonds. The largest absolute Gasteiger partial charge is 0.480 e. The molecule has 3 nitrogen and oxygen atoms in total. The van der Waals surface area contributed by atoms with Gasteiger partial charge >= 0.3 is 5.97 Å². The Morgan fingerprint density at radius 3 is 2.72 bits per heavy atom. The highest BCUT2D eigenvalue weighted by molar-refractivity contribution is 5.85. The normalized spacial score (nSPS) is 19.4. The molecule has 1 atom stereocenters. The maximum atomic E-state index is 11.0. The van der Waals surface area contributed by atoms with E-state index in [9.17, 15) is 4.79 Å². The third-order valence-corrected chi connectivity index (χ3v) is 3.40. The fraction of sp³-hybridized carbons (Fsp3) is 0.500. The number of rotatable bonds is 5. The lowest BCUT2D eigenvalue weighted by molar-refractivity contribution is -0.142. The minimum Gasteiger partial charge on any atom is -0.480 e. The molecule has 0 saturated carbocycles. The maximum Gasteiger partial charge on any atom is 0.320 e. The van der Waals surface area contributed by atoms with E-state index in [-0.39, 0.29) is 18.4 Å². The first kappa shape index (κ1) is 15.0. The van der Waals surface area contributed by atoms with Gasteiger partial charge in [0.15, 0.2) is 0 Å². The van der Waals surface area contributed by atoms with Gasteiger partial charge in [-0.2, -0.15) is 0 Å². The zero-order valence-electron chi connectivity index (χ0n) is 10.4. The molecule has 1 fully saturated rings. The summed E-state index contributed by atoms with van der Waals surface area (Å²) in [6, 6.07) is 10.1. The smallest absolute Gasteiger partial charge is 0.320 e. The van der Waals surface area contributed by atoms with Gasteiger partial charge < -0.3 is 5.11 Å². The predicted molar refractivity (Wildman–Crippen MR) is 74.2 cm³/mol. The SMILES string of the molecule is Cl.O=C(O)C1CCCN1CCCc1ccccc1. The summed E-state index contributed by atoms with van der Waals surface area (Å²) in [5.41, 5.74) is 1.33. The number of hydrogen-bond acceptors (Lipinski definition) is 2. The number of likely N-dealkylation sites (tertiary alicyclic amines) is 1. The Kier molecular flexibility index (Phi) is 6.16. The van der Waals surface area contributed by atoms with Gasteiger partial charge in [0, 0.05) is 0 Å². The molecule has 1 heterocycles. The van der Waals surface area contributed by atoms with Crippen molar-refractivity contribution in [3.05, 3.63) is 35.9 Å². The zero-order valence-corrected chi connectivity index (χ0v) is 11.2. The second-order valence-electron chi connectivity index (χ2n) is 4.62. The highest BCUT2D eigenvalue weighted by atomic mass is 35.5.